The monoisotopic (exact) mass is 1690 g/mol. The van der Waals surface area contributed by atoms with Crippen molar-refractivity contribution in [1.29, 1.82) is 0 Å². The average Bonchev–Trinajstić information content (AvgIpc) is 1.66. The zero-order valence-electron chi connectivity index (χ0n) is 72.2. The number of ether oxygens (including phenoxy) is 10. The highest BCUT2D eigenvalue weighted by atomic mass is 16.7. The van der Waals surface area contributed by atoms with Crippen molar-refractivity contribution in [2.45, 2.75) is 284 Å². The molecule has 12 rings (SSSR count). The van der Waals surface area contributed by atoms with E-state index in [0.29, 0.717) is 110 Å². The molecule has 0 aromatic heterocycles. The molecule has 4 fully saturated rings. The van der Waals surface area contributed by atoms with Crippen LogP contribution in [-0.2, 0) is 113 Å². The Labute approximate surface area is 712 Å². The van der Waals surface area contributed by atoms with Gasteiger partial charge in [-0.15, -0.1) is 0 Å². The lowest BCUT2D eigenvalue weighted by Gasteiger charge is -2.32. The van der Waals surface area contributed by atoms with Gasteiger partial charge in [-0.05, 0) is 307 Å². The quantitative estimate of drug-likeness (QED) is 0.0116. The lowest BCUT2D eigenvalue weighted by molar-refractivity contribution is -0.150. The number of rotatable bonds is 40. The number of aliphatic carboxylic acids is 4. The van der Waals surface area contributed by atoms with Crippen LogP contribution in [0.15, 0.2) is 72.8 Å². The summed E-state index contributed by atoms with van der Waals surface area (Å²) < 4.78 is 54.5. The highest BCUT2D eigenvalue weighted by Crippen LogP contribution is 2.54. The molecule has 0 spiro atoms. The van der Waals surface area contributed by atoms with Crippen molar-refractivity contribution in [1.82, 2.24) is 0 Å². The average molecular weight is 1690 g/mol. The third kappa shape index (κ3) is 27.5. The van der Waals surface area contributed by atoms with Crippen LogP contribution in [0.5, 0.6) is 23.0 Å². The van der Waals surface area contributed by atoms with Crippen LogP contribution in [0.2, 0.25) is 0 Å². The van der Waals surface area contributed by atoms with Gasteiger partial charge in [0.1, 0.15) is 54.0 Å². The Kier molecular flexibility index (Phi) is 38.1. The molecule has 26 heteroatoms. The van der Waals surface area contributed by atoms with Crippen LogP contribution >= 0.6 is 0 Å². The number of hydrogen-bond donors (Lipinski definition) is 8. The van der Waals surface area contributed by atoms with E-state index in [1.165, 1.54) is 23.8 Å². The van der Waals surface area contributed by atoms with Gasteiger partial charge < -0.3 is 88.2 Å². The first-order valence-corrected chi connectivity index (χ1v) is 44.6. The summed E-state index contributed by atoms with van der Waals surface area (Å²) >= 11 is 0. The highest BCUT2D eigenvalue weighted by Gasteiger charge is 2.50. The van der Waals surface area contributed by atoms with E-state index in [4.69, 9.17) is 67.8 Å². The lowest BCUT2D eigenvalue weighted by atomic mass is 9.73. The fourth-order valence-corrected chi connectivity index (χ4v) is 20.7. The van der Waals surface area contributed by atoms with Crippen LogP contribution < -0.4 is 18.9 Å². The lowest BCUT2D eigenvalue weighted by Crippen LogP contribution is -2.30. The van der Waals surface area contributed by atoms with Crippen molar-refractivity contribution >= 4 is 47.9 Å². The molecular formula is C95H134O26. The van der Waals surface area contributed by atoms with Crippen LogP contribution in [0.25, 0.3) is 0 Å². The summed E-state index contributed by atoms with van der Waals surface area (Å²) in [7, 11) is 1.54. The molecule has 4 aromatic rings. The van der Waals surface area contributed by atoms with Crippen LogP contribution in [0.4, 0.5) is 4.79 Å². The minimum absolute atomic E-state index is 0.0813. The molecule has 26 nitrogen and oxygen atoms in total. The maximum atomic E-state index is 12.2. The normalized spacial score (nSPS) is 25.7. The van der Waals surface area contributed by atoms with E-state index in [1.54, 1.807) is 6.92 Å². The maximum absolute atomic E-state index is 12.2. The van der Waals surface area contributed by atoms with Gasteiger partial charge in [0, 0.05) is 26.4 Å². The van der Waals surface area contributed by atoms with Crippen LogP contribution in [0.1, 0.15) is 228 Å². The Morgan fingerprint density at radius 3 is 1.00 bits per heavy atom. The van der Waals surface area contributed by atoms with Crippen LogP contribution in [-0.4, -0.2) is 184 Å². The summed E-state index contributed by atoms with van der Waals surface area (Å²) in [6.07, 6.45) is 19.3. The van der Waals surface area contributed by atoms with Gasteiger partial charge in [0.2, 0.25) is 0 Å². The second-order valence-electron chi connectivity index (χ2n) is 34.5. The van der Waals surface area contributed by atoms with Gasteiger partial charge in [-0.1, -0.05) is 97.0 Å². The number of carbonyl (C=O) groups is 8. The summed E-state index contributed by atoms with van der Waals surface area (Å²) in [5, 5.41) is 78.1. The Hall–Kier alpha value is -8.56. The molecule has 0 heterocycles. The zero-order valence-corrected chi connectivity index (χ0v) is 72.2. The molecule has 8 aliphatic rings. The molecule has 0 unspecified atom stereocenters. The number of carboxylic acids is 4. The molecule has 0 bridgehead atoms. The summed E-state index contributed by atoms with van der Waals surface area (Å²) in [6, 6.07) is 23.3. The van der Waals surface area contributed by atoms with E-state index >= 15 is 0 Å². The minimum atomic E-state index is -1.01. The first kappa shape index (κ1) is 96.3. The summed E-state index contributed by atoms with van der Waals surface area (Å²) in [5.41, 5.74) is 9.05. The smallest absolute Gasteiger partial charge is 0.482 e. The molecule has 0 saturated heterocycles. The number of hydrogen-bond acceptors (Lipinski definition) is 22. The van der Waals surface area contributed by atoms with Gasteiger partial charge in [-0.3, -0.25) is 14.4 Å². The largest absolute Gasteiger partial charge is 0.508 e. The topological polar surface area (TPSA) is 391 Å². The number of carbonyl (C=O) groups excluding carboxylic acids is 4. The first-order chi connectivity index (χ1) is 58.2. The summed E-state index contributed by atoms with van der Waals surface area (Å²) in [6.45, 7) is 12.8. The molecular weight excluding hydrogens is 1560 g/mol. The van der Waals surface area contributed by atoms with E-state index in [-0.39, 0.29) is 129 Å². The first-order valence-electron chi connectivity index (χ1n) is 44.6. The Morgan fingerprint density at radius 2 is 0.702 bits per heavy atom. The van der Waals surface area contributed by atoms with Crippen molar-refractivity contribution in [3.05, 3.63) is 117 Å². The Bertz CT molecular complexity index is 3880. The van der Waals surface area contributed by atoms with Crippen LogP contribution in [0, 0.1) is 71.0 Å². The van der Waals surface area contributed by atoms with E-state index in [2.05, 4.69) is 24.3 Å². The third-order valence-corrected chi connectivity index (χ3v) is 26.7. The molecule has 0 aliphatic heterocycles. The molecule has 670 valence electrons. The van der Waals surface area contributed by atoms with Gasteiger partial charge in [-0.25, -0.2) is 24.0 Å². The van der Waals surface area contributed by atoms with Gasteiger partial charge in [0.15, 0.2) is 26.4 Å². The standard InChI is InChI=1S/C24H34O8.2C24H34O6.C23H32O6/c1-3-17(25)7-8-18-19-11-15-5-4-6-21(31-14-23(26)27)20(15)12-16(19)13-22(18)32-24(28)30-10-9-29-2;2*1-3-6-24(28)30-17(4-2)9-10-18-19-11-15-7-5-8-22(29-14-23(26)27)20(15)12-16(19)13-21(18)25;1-3-16(29-23(27)4-2)8-9-17-18-10-14-6-5-7-21(28-13-22(25)26)19(14)11-15(18)12-20(17)24/h4-6,16-19,22,25H,3,7-14H2,1-2H3,(H,26,27);2*5,7-8,16-19,21,25H,3-4,6,9-14H2,1-2H3,(H,26,27);5-7,15-18,20,24H,3-4,8-13H2,1-2H3,(H,25,26)/t16-,17-,18+,19-,22+;2*16-,17-,18+,19-,21+;15-,16-,17+,18-,20+/m0000/s1. The Balaban J connectivity index is 0.000000183. The predicted octanol–water partition coefficient (Wildman–Crippen LogP) is 14.1. The van der Waals surface area contributed by atoms with E-state index < -0.39 is 30.0 Å². The van der Waals surface area contributed by atoms with Crippen molar-refractivity contribution in [3.63, 3.8) is 0 Å². The number of fused-ring (bicyclic) bond motifs is 8. The number of esters is 3. The highest BCUT2D eigenvalue weighted by molar-refractivity contribution is 5.71. The third-order valence-electron chi connectivity index (χ3n) is 26.7. The molecule has 20 atom stereocenters. The maximum Gasteiger partial charge on any atom is 0.508 e. The molecule has 4 saturated carbocycles. The zero-order chi connectivity index (χ0) is 87.4. The molecule has 8 N–H and O–H groups in total. The molecule has 0 amide bonds. The summed E-state index contributed by atoms with van der Waals surface area (Å²) in [4.78, 5) is 91.1. The predicted molar refractivity (Wildman–Crippen MR) is 448 cm³/mol. The number of methoxy groups -OCH3 is 1. The second-order valence-corrected chi connectivity index (χ2v) is 34.5. The van der Waals surface area contributed by atoms with Gasteiger partial charge in [0.25, 0.3) is 0 Å². The Morgan fingerprint density at radius 1 is 0.388 bits per heavy atom. The van der Waals surface area contributed by atoms with Gasteiger partial charge in [-0.2, -0.15) is 0 Å². The number of aliphatic hydroxyl groups excluding tert-OH is 4. The molecule has 4 aromatic carbocycles. The second kappa shape index (κ2) is 47.9. The minimum Gasteiger partial charge on any atom is -0.482 e. The number of aliphatic hydroxyl groups is 4. The van der Waals surface area contributed by atoms with Crippen molar-refractivity contribution < 1.29 is 127 Å². The number of benzene rings is 4. The van der Waals surface area contributed by atoms with Crippen molar-refractivity contribution in [2.75, 3.05) is 46.8 Å². The van der Waals surface area contributed by atoms with Crippen LogP contribution in [0.3, 0.4) is 0 Å². The molecule has 121 heavy (non-hydrogen) atoms. The van der Waals surface area contributed by atoms with E-state index in [9.17, 15) is 58.8 Å². The fraction of sp³-hybridized carbons (Fsp3) is 0.663. The van der Waals surface area contributed by atoms with E-state index in [1.807, 2.05) is 90.1 Å². The van der Waals surface area contributed by atoms with Gasteiger partial charge >= 0.3 is 47.9 Å². The number of carboxylic acid groups (broad SMARTS) is 4. The fourth-order valence-electron chi connectivity index (χ4n) is 20.7. The molecule has 8 aliphatic carbocycles. The van der Waals surface area contributed by atoms with E-state index in [0.717, 1.165) is 175 Å². The molecule has 0 radical (unpaired) electrons. The summed E-state index contributed by atoms with van der Waals surface area (Å²) in [5.74, 6) is 1.82. The van der Waals surface area contributed by atoms with Crippen molar-refractivity contribution in [3.8, 4) is 23.0 Å². The van der Waals surface area contributed by atoms with Crippen molar-refractivity contribution in [2.24, 2.45) is 71.0 Å². The van der Waals surface area contributed by atoms with Gasteiger partial charge in [0.05, 0.1) is 31.0 Å². The SMILES string of the molecule is CCC(=O)O[C@@H](CC)CC[C@@H]1[C@H]2Cc3cccc(OCC(=O)O)c3C[C@H]2C[C@H]1O.CCCC(=O)O[C@@H](CC)CC[C@@H]1[C@H]2Cc3cccc(OCC(=O)O)c3C[C@H]2C[C@H]1O.CCCC(=O)O[C@@H](CC)CC[C@@H]1[C@H]2Cc3cccc(OCC(=O)O)c3C[C@H]2C[C@H]1O.CC[C@H](O)CC[C@@H]1[C@H]2Cc3cccc(OCC(=O)O)c3C[C@H]2C[C@H]1OC(=O)OCCOC.